The van der Waals surface area contributed by atoms with Gasteiger partial charge in [-0.3, -0.25) is 19.8 Å². The highest BCUT2D eigenvalue weighted by atomic mass is 16.2. The summed E-state index contributed by atoms with van der Waals surface area (Å²) in [6.07, 6.45) is 0.576. The Bertz CT molecular complexity index is 765. The molecule has 1 fully saturated rings. The second kappa shape index (κ2) is 7.08. The molecule has 2 amide bonds. The Hall–Kier alpha value is -2.64. The van der Waals surface area contributed by atoms with Crippen LogP contribution in [0.1, 0.15) is 29.7 Å². The van der Waals surface area contributed by atoms with Crippen molar-refractivity contribution in [3.63, 3.8) is 0 Å². The van der Waals surface area contributed by atoms with Gasteiger partial charge >= 0.3 is 0 Å². The van der Waals surface area contributed by atoms with Crippen molar-refractivity contribution in [3.05, 3.63) is 34.9 Å². The molecule has 1 saturated heterocycles. The van der Waals surface area contributed by atoms with Crippen LogP contribution in [0.3, 0.4) is 0 Å². The predicted octanol–water partition coefficient (Wildman–Crippen LogP) is 0.594. The Labute approximate surface area is 146 Å². The third-order valence-electron chi connectivity index (χ3n) is 4.48. The molecule has 3 rings (SSSR count). The number of hydrogen-bond acceptors (Lipinski definition) is 4. The Balaban J connectivity index is 1.54. The molecular weight excluding hydrogens is 320 g/mol. The zero-order valence-electron chi connectivity index (χ0n) is 14.9. The number of nitrogens with one attached hydrogen (secondary N) is 2. The quantitative estimate of drug-likeness (QED) is 0.848. The summed E-state index contributed by atoms with van der Waals surface area (Å²) in [5, 5.41) is 13.9. The normalized spacial score (nSPS) is 17.8. The molecule has 134 valence electrons. The maximum atomic E-state index is 12.5. The molecule has 2 aromatic rings. The third kappa shape index (κ3) is 4.07. The van der Waals surface area contributed by atoms with Crippen molar-refractivity contribution in [2.24, 2.45) is 0 Å². The van der Waals surface area contributed by atoms with Crippen molar-refractivity contribution >= 4 is 11.8 Å². The fraction of sp³-hybridized carbons (Fsp3) is 0.529. The minimum absolute atomic E-state index is 0.00819. The van der Waals surface area contributed by atoms with Crippen molar-refractivity contribution in [2.45, 2.75) is 39.7 Å². The average molecular weight is 344 g/mol. The summed E-state index contributed by atoms with van der Waals surface area (Å²) in [7, 11) is 0. The van der Waals surface area contributed by atoms with Gasteiger partial charge in [0.25, 0.3) is 0 Å². The van der Waals surface area contributed by atoms with E-state index >= 15 is 0 Å². The first-order chi connectivity index (χ1) is 11.9. The molecule has 0 aliphatic carbocycles. The first kappa shape index (κ1) is 17.2. The number of H-pyrrole nitrogens is 2. The molecule has 8 nitrogen and oxygen atoms in total. The Kier molecular flexibility index (Phi) is 4.87. The summed E-state index contributed by atoms with van der Waals surface area (Å²) < 4.78 is 0. The summed E-state index contributed by atoms with van der Waals surface area (Å²) >= 11 is 0. The number of carbonyl (C=O) groups is 2. The molecule has 0 spiro atoms. The molecule has 0 radical (unpaired) electrons. The van der Waals surface area contributed by atoms with Crippen LogP contribution in [-0.2, 0) is 22.4 Å². The number of aromatic nitrogens is 4. The summed E-state index contributed by atoms with van der Waals surface area (Å²) in [4.78, 5) is 28.6. The van der Waals surface area contributed by atoms with Gasteiger partial charge < -0.3 is 9.80 Å². The predicted molar refractivity (Wildman–Crippen MR) is 91.8 cm³/mol. The molecule has 0 aromatic carbocycles. The first-order valence-electron chi connectivity index (χ1n) is 8.51. The summed E-state index contributed by atoms with van der Waals surface area (Å²) in [6.45, 7) is 7.45. The largest absolute Gasteiger partial charge is 0.339 e. The summed E-state index contributed by atoms with van der Waals surface area (Å²) in [6, 6.07) is 3.76. The Morgan fingerprint density at radius 3 is 2.08 bits per heavy atom. The van der Waals surface area contributed by atoms with E-state index in [0.717, 1.165) is 22.8 Å². The number of hydrogen-bond donors (Lipinski definition) is 2. The molecular formula is C17H24N6O2. The van der Waals surface area contributed by atoms with Gasteiger partial charge in [0.2, 0.25) is 11.8 Å². The average Bonchev–Trinajstić information content (AvgIpc) is 3.15. The molecule has 25 heavy (non-hydrogen) atoms. The molecule has 2 aromatic heterocycles. The maximum Gasteiger partial charge on any atom is 0.229 e. The van der Waals surface area contributed by atoms with Crippen molar-refractivity contribution < 1.29 is 9.59 Å². The highest BCUT2D eigenvalue weighted by Crippen LogP contribution is 2.13. The van der Waals surface area contributed by atoms with Gasteiger partial charge in [-0.2, -0.15) is 10.2 Å². The lowest BCUT2D eigenvalue weighted by Crippen LogP contribution is -2.56. The second-order valence-corrected chi connectivity index (χ2v) is 6.71. The van der Waals surface area contributed by atoms with Crippen LogP contribution in [0.2, 0.25) is 0 Å². The lowest BCUT2D eigenvalue weighted by Gasteiger charge is -2.40. The van der Waals surface area contributed by atoms with E-state index < -0.39 is 0 Å². The number of piperazine rings is 1. The van der Waals surface area contributed by atoms with Gasteiger partial charge in [-0.05, 0) is 32.9 Å². The lowest BCUT2D eigenvalue weighted by atomic mass is 10.1. The fourth-order valence-corrected chi connectivity index (χ4v) is 3.21. The lowest BCUT2D eigenvalue weighted by molar-refractivity contribution is -0.141. The highest BCUT2D eigenvalue weighted by molar-refractivity contribution is 5.81. The summed E-state index contributed by atoms with van der Waals surface area (Å²) in [5.41, 5.74) is 3.39. The third-order valence-corrected chi connectivity index (χ3v) is 4.48. The molecule has 1 aliphatic heterocycles. The second-order valence-electron chi connectivity index (χ2n) is 6.71. The van der Waals surface area contributed by atoms with Crippen LogP contribution in [-0.4, -0.2) is 67.7 Å². The first-order valence-corrected chi connectivity index (χ1v) is 8.51. The highest BCUT2D eigenvalue weighted by Gasteiger charge is 2.30. The van der Waals surface area contributed by atoms with Crippen LogP contribution in [0.4, 0.5) is 0 Å². The van der Waals surface area contributed by atoms with Crippen molar-refractivity contribution in [3.8, 4) is 0 Å². The molecule has 0 unspecified atom stereocenters. The zero-order valence-corrected chi connectivity index (χ0v) is 14.9. The smallest absolute Gasteiger partial charge is 0.229 e. The number of rotatable bonds is 4. The number of amides is 2. The van der Waals surface area contributed by atoms with Crippen molar-refractivity contribution in [1.29, 1.82) is 0 Å². The topological polar surface area (TPSA) is 98.0 Å². The van der Waals surface area contributed by atoms with E-state index in [9.17, 15) is 9.59 Å². The molecule has 2 N–H and O–H groups in total. The van der Waals surface area contributed by atoms with Crippen LogP contribution in [0.25, 0.3) is 0 Å². The molecule has 0 bridgehead atoms. The van der Waals surface area contributed by atoms with E-state index in [-0.39, 0.29) is 30.7 Å². The van der Waals surface area contributed by atoms with Gasteiger partial charge in [-0.25, -0.2) is 0 Å². The van der Waals surface area contributed by atoms with E-state index in [1.54, 1.807) is 0 Å². The number of aromatic amines is 2. The number of carbonyl (C=O) groups excluding carboxylic acids is 2. The molecule has 1 aliphatic rings. The molecule has 1 atom stereocenters. The molecule has 3 heterocycles. The van der Waals surface area contributed by atoms with Crippen LogP contribution < -0.4 is 0 Å². The summed E-state index contributed by atoms with van der Waals surface area (Å²) in [5.74, 6) is 0.0994. The fourth-order valence-electron chi connectivity index (χ4n) is 3.21. The van der Waals surface area contributed by atoms with Crippen LogP contribution in [0.5, 0.6) is 0 Å². The van der Waals surface area contributed by atoms with Gasteiger partial charge in [0, 0.05) is 37.1 Å². The van der Waals surface area contributed by atoms with Crippen molar-refractivity contribution in [2.75, 3.05) is 19.6 Å². The zero-order chi connectivity index (χ0) is 18.0. The standard InChI is InChI=1S/C17H24N6O2/c1-11-6-14(20-18-11)8-16(24)22-4-5-23(13(3)10-22)17(25)9-15-7-12(2)19-21-15/h6-7,13H,4-5,8-10H2,1-3H3,(H,18,20)(H,19,21)/t13-/m1/s1. The van der Waals surface area contributed by atoms with Gasteiger partial charge in [0.05, 0.1) is 24.2 Å². The van der Waals surface area contributed by atoms with Gasteiger partial charge in [-0.1, -0.05) is 0 Å². The van der Waals surface area contributed by atoms with Gasteiger partial charge in [0.1, 0.15) is 0 Å². The van der Waals surface area contributed by atoms with Crippen LogP contribution in [0, 0.1) is 13.8 Å². The molecule has 0 saturated carbocycles. The monoisotopic (exact) mass is 344 g/mol. The van der Waals surface area contributed by atoms with E-state index in [1.165, 1.54) is 0 Å². The number of nitrogens with zero attached hydrogens (tertiary/aromatic N) is 4. The van der Waals surface area contributed by atoms with Crippen LogP contribution in [0.15, 0.2) is 12.1 Å². The van der Waals surface area contributed by atoms with Gasteiger partial charge in [-0.15, -0.1) is 0 Å². The Morgan fingerprint density at radius 2 is 1.60 bits per heavy atom. The maximum absolute atomic E-state index is 12.5. The minimum Gasteiger partial charge on any atom is -0.339 e. The van der Waals surface area contributed by atoms with E-state index in [2.05, 4.69) is 20.4 Å². The Morgan fingerprint density at radius 1 is 1.04 bits per heavy atom. The molecule has 8 heteroatoms. The number of aryl methyl sites for hydroxylation is 2. The van der Waals surface area contributed by atoms with E-state index in [4.69, 9.17) is 0 Å². The van der Waals surface area contributed by atoms with Crippen LogP contribution >= 0.6 is 0 Å². The van der Waals surface area contributed by atoms with E-state index in [1.807, 2.05) is 42.7 Å². The van der Waals surface area contributed by atoms with Crippen molar-refractivity contribution in [1.82, 2.24) is 30.2 Å². The minimum atomic E-state index is -0.00819. The SMILES string of the molecule is Cc1cc(CC(=O)N2CCN(C(=O)Cc3cc(C)[nH]n3)[C@H](C)C2)n[nH]1. The van der Waals surface area contributed by atoms with Gasteiger partial charge in [0.15, 0.2) is 0 Å². The van der Waals surface area contributed by atoms with E-state index in [0.29, 0.717) is 19.6 Å².